The molecule has 20 heavy (non-hydrogen) atoms. The minimum Gasteiger partial charge on any atom is -0.350 e. The van der Waals surface area contributed by atoms with Gasteiger partial charge in [0.05, 0.1) is 12.6 Å². The van der Waals surface area contributed by atoms with Crippen LogP contribution < -0.4 is 10.6 Å². The van der Waals surface area contributed by atoms with Crippen molar-refractivity contribution in [1.29, 1.82) is 0 Å². The number of benzene rings is 1. The second-order valence-electron chi connectivity index (χ2n) is 4.57. The van der Waals surface area contributed by atoms with Crippen LogP contribution in [0.2, 0.25) is 0 Å². The molecule has 0 radical (unpaired) electrons. The highest BCUT2D eigenvalue weighted by molar-refractivity contribution is 7.11. The van der Waals surface area contributed by atoms with Gasteiger partial charge in [-0.15, -0.1) is 11.3 Å². The van der Waals surface area contributed by atoms with Crippen molar-refractivity contribution in [3.8, 4) is 0 Å². The normalized spacial score (nSPS) is 13.1. The molecule has 1 aromatic carbocycles. The van der Waals surface area contributed by atoms with Crippen molar-refractivity contribution in [3.63, 3.8) is 0 Å². The zero-order valence-electron chi connectivity index (χ0n) is 12.1. The lowest BCUT2D eigenvalue weighted by Gasteiger charge is -2.17. The van der Waals surface area contributed by atoms with Crippen LogP contribution in [0, 0.1) is 6.92 Å². The molecule has 0 saturated carbocycles. The van der Waals surface area contributed by atoms with Gasteiger partial charge >= 0.3 is 0 Å². The van der Waals surface area contributed by atoms with Gasteiger partial charge in [-0.1, -0.05) is 30.3 Å². The van der Waals surface area contributed by atoms with Gasteiger partial charge in [0.25, 0.3) is 0 Å². The second-order valence-corrected chi connectivity index (χ2v) is 5.89. The van der Waals surface area contributed by atoms with E-state index in [1.165, 1.54) is 10.4 Å². The summed E-state index contributed by atoms with van der Waals surface area (Å²) in [5.74, 6) is 0.786. The van der Waals surface area contributed by atoms with E-state index in [0.29, 0.717) is 6.54 Å². The van der Waals surface area contributed by atoms with Crippen molar-refractivity contribution in [2.24, 2.45) is 4.99 Å². The number of hydrogen-bond acceptors (Lipinski definition) is 3. The number of guanidine groups is 1. The van der Waals surface area contributed by atoms with Crippen molar-refractivity contribution in [2.75, 3.05) is 7.05 Å². The molecule has 0 spiro atoms. The molecule has 1 atom stereocenters. The van der Waals surface area contributed by atoms with Gasteiger partial charge in [0, 0.05) is 18.1 Å². The fourth-order valence-electron chi connectivity index (χ4n) is 1.87. The number of aromatic nitrogens is 1. The SMILES string of the molecule is CN=C(NCc1ncc(C)s1)NC(C)c1ccccc1. The maximum Gasteiger partial charge on any atom is 0.191 e. The van der Waals surface area contributed by atoms with Crippen LogP contribution in [0.15, 0.2) is 41.5 Å². The number of nitrogens with zero attached hydrogens (tertiary/aromatic N) is 2. The van der Waals surface area contributed by atoms with E-state index in [4.69, 9.17) is 0 Å². The Bertz CT molecular complexity index is 562. The highest BCUT2D eigenvalue weighted by Gasteiger charge is 2.07. The van der Waals surface area contributed by atoms with E-state index in [0.717, 1.165) is 11.0 Å². The van der Waals surface area contributed by atoms with Gasteiger partial charge in [-0.05, 0) is 19.4 Å². The van der Waals surface area contributed by atoms with Crippen molar-refractivity contribution in [3.05, 3.63) is 52.0 Å². The molecule has 2 rings (SSSR count). The van der Waals surface area contributed by atoms with E-state index in [1.807, 2.05) is 24.4 Å². The van der Waals surface area contributed by atoms with Crippen molar-refractivity contribution < 1.29 is 0 Å². The molecular formula is C15H20N4S. The molecule has 0 aliphatic rings. The summed E-state index contributed by atoms with van der Waals surface area (Å²) >= 11 is 1.70. The molecule has 1 aromatic heterocycles. The van der Waals surface area contributed by atoms with Gasteiger partial charge in [0.15, 0.2) is 5.96 Å². The Hall–Kier alpha value is -1.88. The Morgan fingerprint density at radius 3 is 2.70 bits per heavy atom. The van der Waals surface area contributed by atoms with E-state index >= 15 is 0 Å². The highest BCUT2D eigenvalue weighted by Crippen LogP contribution is 2.12. The van der Waals surface area contributed by atoms with E-state index in [2.05, 4.69) is 46.6 Å². The zero-order chi connectivity index (χ0) is 14.4. The summed E-state index contributed by atoms with van der Waals surface area (Å²) in [5.41, 5.74) is 1.24. The van der Waals surface area contributed by atoms with E-state index in [1.54, 1.807) is 18.4 Å². The molecule has 0 amide bonds. The summed E-state index contributed by atoms with van der Waals surface area (Å²) < 4.78 is 0. The number of nitrogens with one attached hydrogen (secondary N) is 2. The molecule has 2 aromatic rings. The smallest absolute Gasteiger partial charge is 0.191 e. The topological polar surface area (TPSA) is 49.3 Å². The Morgan fingerprint density at radius 2 is 2.10 bits per heavy atom. The first-order valence-electron chi connectivity index (χ1n) is 6.62. The van der Waals surface area contributed by atoms with E-state index < -0.39 is 0 Å². The Balaban J connectivity index is 1.89. The number of aliphatic imine (C=N–C) groups is 1. The van der Waals surface area contributed by atoms with Crippen LogP contribution in [0.25, 0.3) is 0 Å². The van der Waals surface area contributed by atoms with E-state index in [-0.39, 0.29) is 6.04 Å². The average molecular weight is 288 g/mol. The predicted molar refractivity (Wildman–Crippen MR) is 85.0 cm³/mol. The Kier molecular flexibility index (Phi) is 5.12. The van der Waals surface area contributed by atoms with Gasteiger partial charge in [-0.2, -0.15) is 0 Å². The van der Waals surface area contributed by atoms with Crippen LogP contribution in [-0.2, 0) is 6.54 Å². The van der Waals surface area contributed by atoms with Gasteiger partial charge in [0.1, 0.15) is 5.01 Å². The maximum atomic E-state index is 4.33. The van der Waals surface area contributed by atoms with Gasteiger partial charge in [-0.25, -0.2) is 4.98 Å². The van der Waals surface area contributed by atoms with Crippen LogP contribution in [0.1, 0.15) is 28.4 Å². The third-order valence-corrected chi connectivity index (χ3v) is 3.87. The first-order valence-corrected chi connectivity index (χ1v) is 7.44. The predicted octanol–water partition coefficient (Wildman–Crippen LogP) is 2.88. The van der Waals surface area contributed by atoms with Gasteiger partial charge in [0.2, 0.25) is 0 Å². The van der Waals surface area contributed by atoms with Crippen molar-refractivity contribution in [1.82, 2.24) is 15.6 Å². The highest BCUT2D eigenvalue weighted by atomic mass is 32.1. The largest absolute Gasteiger partial charge is 0.350 e. The molecule has 106 valence electrons. The van der Waals surface area contributed by atoms with Crippen LogP contribution in [0.3, 0.4) is 0 Å². The number of thiazole rings is 1. The Morgan fingerprint density at radius 1 is 1.35 bits per heavy atom. The third kappa shape index (κ3) is 4.06. The summed E-state index contributed by atoms with van der Waals surface area (Å²) in [6.45, 7) is 4.88. The fourth-order valence-corrected chi connectivity index (χ4v) is 2.59. The first-order chi connectivity index (χ1) is 9.69. The minimum absolute atomic E-state index is 0.209. The molecule has 5 heteroatoms. The zero-order valence-corrected chi connectivity index (χ0v) is 12.9. The van der Waals surface area contributed by atoms with Crippen LogP contribution in [0.5, 0.6) is 0 Å². The lowest BCUT2D eigenvalue weighted by molar-refractivity contribution is 0.685. The lowest BCUT2D eigenvalue weighted by atomic mass is 10.1. The molecular weight excluding hydrogens is 268 g/mol. The van der Waals surface area contributed by atoms with Crippen LogP contribution in [-0.4, -0.2) is 18.0 Å². The standard InChI is InChI=1S/C15H20N4S/c1-11-9-17-14(20-11)10-18-15(16-3)19-12(2)13-7-5-4-6-8-13/h4-9,12H,10H2,1-3H3,(H2,16,18,19). The number of rotatable bonds is 4. The molecule has 0 saturated heterocycles. The third-order valence-electron chi connectivity index (χ3n) is 2.95. The summed E-state index contributed by atoms with van der Waals surface area (Å²) in [6.07, 6.45) is 1.89. The quantitative estimate of drug-likeness (QED) is 0.672. The first kappa shape index (κ1) is 14.5. The molecule has 4 nitrogen and oxygen atoms in total. The monoisotopic (exact) mass is 288 g/mol. The number of aryl methyl sites for hydroxylation is 1. The van der Waals surface area contributed by atoms with Crippen LogP contribution in [0.4, 0.5) is 0 Å². The molecule has 1 unspecified atom stereocenters. The van der Waals surface area contributed by atoms with Gasteiger partial charge in [-0.3, -0.25) is 4.99 Å². The molecule has 2 N–H and O–H groups in total. The molecule has 0 fully saturated rings. The summed E-state index contributed by atoms with van der Waals surface area (Å²) in [5, 5.41) is 7.73. The average Bonchev–Trinajstić information content (AvgIpc) is 2.89. The molecule has 0 aliphatic heterocycles. The number of hydrogen-bond donors (Lipinski definition) is 2. The van der Waals surface area contributed by atoms with Gasteiger partial charge < -0.3 is 10.6 Å². The summed E-state index contributed by atoms with van der Waals surface area (Å²) in [6, 6.07) is 10.5. The maximum absolute atomic E-state index is 4.33. The lowest BCUT2D eigenvalue weighted by Crippen LogP contribution is -2.38. The van der Waals surface area contributed by atoms with Crippen LogP contribution >= 0.6 is 11.3 Å². The molecule has 0 bridgehead atoms. The molecule has 1 heterocycles. The van der Waals surface area contributed by atoms with E-state index in [9.17, 15) is 0 Å². The van der Waals surface area contributed by atoms with Crippen molar-refractivity contribution in [2.45, 2.75) is 26.4 Å². The summed E-state index contributed by atoms with van der Waals surface area (Å²) in [4.78, 5) is 9.80. The Labute approximate surface area is 124 Å². The fraction of sp³-hybridized carbons (Fsp3) is 0.333. The molecule has 0 aliphatic carbocycles. The van der Waals surface area contributed by atoms with Crippen molar-refractivity contribution >= 4 is 17.3 Å². The second kappa shape index (κ2) is 7.05. The summed E-state index contributed by atoms with van der Waals surface area (Å²) in [7, 11) is 1.78. The minimum atomic E-state index is 0.209.